The minimum atomic E-state index is -0.391. The lowest BCUT2D eigenvalue weighted by Crippen LogP contribution is -2.27. The van der Waals surface area contributed by atoms with Crippen LogP contribution in [0.2, 0.25) is 0 Å². The summed E-state index contributed by atoms with van der Waals surface area (Å²) < 4.78 is 15.4. The molecule has 33 heavy (non-hydrogen) atoms. The summed E-state index contributed by atoms with van der Waals surface area (Å²) in [5.74, 6) is -0.478. The second-order valence-electron chi connectivity index (χ2n) is 7.62. The molecule has 0 fully saturated rings. The van der Waals surface area contributed by atoms with Crippen molar-refractivity contribution in [1.82, 2.24) is 9.88 Å². The van der Waals surface area contributed by atoms with E-state index in [4.69, 9.17) is 0 Å². The van der Waals surface area contributed by atoms with Gasteiger partial charge in [0.1, 0.15) is 5.82 Å². The van der Waals surface area contributed by atoms with E-state index in [0.717, 1.165) is 21.4 Å². The minimum absolute atomic E-state index is 0.0896. The van der Waals surface area contributed by atoms with Gasteiger partial charge in [-0.3, -0.25) is 9.59 Å². The summed E-state index contributed by atoms with van der Waals surface area (Å²) in [5.41, 5.74) is 3.09. The Morgan fingerprint density at radius 2 is 1.79 bits per heavy atom. The van der Waals surface area contributed by atoms with Gasteiger partial charge in [0.25, 0.3) is 5.91 Å². The van der Waals surface area contributed by atoms with Gasteiger partial charge in [-0.25, -0.2) is 4.39 Å². The normalized spacial score (nSPS) is 10.8. The number of amides is 2. The summed E-state index contributed by atoms with van der Waals surface area (Å²) in [6, 6.07) is 21.3. The topological polar surface area (TPSA) is 63.1 Å². The van der Waals surface area contributed by atoms with Gasteiger partial charge in [0, 0.05) is 46.3 Å². The number of aromatic nitrogens is 1. The molecule has 0 spiro atoms. The van der Waals surface area contributed by atoms with Crippen LogP contribution in [0.5, 0.6) is 0 Å². The van der Waals surface area contributed by atoms with Crippen LogP contribution < -0.4 is 10.6 Å². The number of carbonyl (C=O) groups excluding carboxylic acids is 2. The Bertz CT molecular complexity index is 1300. The van der Waals surface area contributed by atoms with E-state index >= 15 is 0 Å². The Morgan fingerprint density at radius 1 is 1.00 bits per heavy atom. The number of para-hydroxylation sites is 1. The molecular formula is C26H24FN3O2S. The number of thioether (sulfide) groups is 1. The van der Waals surface area contributed by atoms with Crippen molar-refractivity contribution >= 4 is 40.2 Å². The second-order valence-corrected chi connectivity index (χ2v) is 8.64. The average Bonchev–Trinajstić information content (AvgIpc) is 3.16. The number of hydrogen-bond donors (Lipinski definition) is 2. The number of fused-ring (bicyclic) bond motifs is 1. The first-order valence-electron chi connectivity index (χ1n) is 10.6. The van der Waals surface area contributed by atoms with E-state index in [1.54, 1.807) is 12.1 Å². The molecule has 2 amide bonds. The van der Waals surface area contributed by atoms with Gasteiger partial charge < -0.3 is 15.2 Å². The lowest BCUT2D eigenvalue weighted by atomic mass is 10.1. The van der Waals surface area contributed by atoms with Gasteiger partial charge in [-0.2, -0.15) is 0 Å². The first kappa shape index (κ1) is 22.6. The molecule has 0 aliphatic carbocycles. The Labute approximate surface area is 196 Å². The molecule has 0 aliphatic heterocycles. The van der Waals surface area contributed by atoms with Gasteiger partial charge in [0.05, 0.1) is 5.75 Å². The third kappa shape index (κ3) is 5.62. The number of nitrogens with one attached hydrogen (secondary N) is 2. The summed E-state index contributed by atoms with van der Waals surface area (Å²) in [5, 5.41) is 6.75. The smallest absolute Gasteiger partial charge is 0.251 e. The van der Waals surface area contributed by atoms with Crippen molar-refractivity contribution in [1.29, 1.82) is 0 Å². The fourth-order valence-corrected chi connectivity index (χ4v) is 4.52. The van der Waals surface area contributed by atoms with Crippen molar-refractivity contribution in [3.05, 3.63) is 95.9 Å². The molecule has 0 atom stereocenters. The highest BCUT2D eigenvalue weighted by molar-refractivity contribution is 8.00. The number of halogens is 1. The van der Waals surface area contributed by atoms with Crippen molar-refractivity contribution in [3.63, 3.8) is 0 Å². The van der Waals surface area contributed by atoms with Crippen LogP contribution in [0.3, 0.4) is 0 Å². The summed E-state index contributed by atoms with van der Waals surface area (Å²) in [4.78, 5) is 25.8. The molecule has 0 radical (unpaired) electrons. The number of rotatable bonds is 8. The molecule has 7 heteroatoms. The number of hydrogen-bond acceptors (Lipinski definition) is 3. The average molecular weight is 462 g/mol. The molecule has 0 unspecified atom stereocenters. The number of anilines is 1. The van der Waals surface area contributed by atoms with E-state index in [-0.39, 0.29) is 17.6 Å². The molecule has 0 saturated carbocycles. The van der Waals surface area contributed by atoms with Crippen molar-refractivity contribution in [2.75, 3.05) is 17.6 Å². The number of aryl methyl sites for hydroxylation is 1. The number of nitrogens with zero attached hydrogens (tertiary/aromatic N) is 1. The Morgan fingerprint density at radius 3 is 2.61 bits per heavy atom. The summed E-state index contributed by atoms with van der Waals surface area (Å²) in [7, 11) is 0. The molecule has 1 aromatic heterocycles. The minimum Gasteiger partial charge on any atom is -0.350 e. The third-order valence-corrected chi connectivity index (χ3v) is 6.29. The van der Waals surface area contributed by atoms with E-state index in [1.165, 1.54) is 23.9 Å². The van der Waals surface area contributed by atoms with Gasteiger partial charge in [-0.05, 0) is 42.8 Å². The van der Waals surface area contributed by atoms with Gasteiger partial charge in [-0.1, -0.05) is 42.5 Å². The van der Waals surface area contributed by atoms with E-state index in [9.17, 15) is 14.0 Å². The third-order valence-electron chi connectivity index (χ3n) is 5.25. The SMILES string of the molecule is Cc1ccccc1C(=O)NCCn1cc(SCC(=O)Nc2cccc(F)c2)c2ccccc21. The zero-order valence-electron chi connectivity index (χ0n) is 18.2. The Balaban J connectivity index is 1.39. The monoisotopic (exact) mass is 461 g/mol. The quantitative estimate of drug-likeness (QED) is 0.352. The molecular weight excluding hydrogens is 437 g/mol. The van der Waals surface area contributed by atoms with Crippen LogP contribution in [0.1, 0.15) is 15.9 Å². The van der Waals surface area contributed by atoms with Crippen LogP contribution in [0.25, 0.3) is 10.9 Å². The first-order valence-corrected chi connectivity index (χ1v) is 11.6. The fraction of sp³-hybridized carbons (Fsp3) is 0.154. The first-order chi connectivity index (χ1) is 16.0. The zero-order valence-corrected chi connectivity index (χ0v) is 19.0. The van der Waals surface area contributed by atoms with E-state index in [1.807, 2.05) is 61.7 Å². The van der Waals surface area contributed by atoms with Crippen LogP contribution in [-0.2, 0) is 11.3 Å². The maximum Gasteiger partial charge on any atom is 0.251 e. The van der Waals surface area contributed by atoms with E-state index in [0.29, 0.717) is 24.3 Å². The molecule has 4 rings (SSSR count). The molecule has 168 valence electrons. The van der Waals surface area contributed by atoms with Crippen molar-refractivity contribution in [2.24, 2.45) is 0 Å². The zero-order chi connectivity index (χ0) is 23.2. The highest BCUT2D eigenvalue weighted by Gasteiger charge is 2.12. The van der Waals surface area contributed by atoms with Crippen LogP contribution in [0.4, 0.5) is 10.1 Å². The van der Waals surface area contributed by atoms with Gasteiger partial charge >= 0.3 is 0 Å². The molecule has 0 saturated heterocycles. The molecule has 3 aromatic carbocycles. The Hall–Kier alpha value is -3.58. The molecule has 4 aromatic rings. The fourth-order valence-electron chi connectivity index (χ4n) is 3.63. The molecule has 2 N–H and O–H groups in total. The maximum absolute atomic E-state index is 13.3. The van der Waals surface area contributed by atoms with Gasteiger partial charge in [0.2, 0.25) is 5.91 Å². The predicted octanol–water partition coefficient (Wildman–Crippen LogP) is 5.25. The van der Waals surface area contributed by atoms with Crippen LogP contribution >= 0.6 is 11.8 Å². The lowest BCUT2D eigenvalue weighted by molar-refractivity contribution is -0.113. The van der Waals surface area contributed by atoms with Crippen molar-refractivity contribution in [2.45, 2.75) is 18.4 Å². The summed E-state index contributed by atoms with van der Waals surface area (Å²) >= 11 is 1.43. The predicted molar refractivity (Wildman–Crippen MR) is 131 cm³/mol. The number of carbonyl (C=O) groups is 2. The van der Waals surface area contributed by atoms with Gasteiger partial charge in [0.15, 0.2) is 0 Å². The lowest BCUT2D eigenvalue weighted by Gasteiger charge is -2.09. The highest BCUT2D eigenvalue weighted by atomic mass is 32.2. The van der Waals surface area contributed by atoms with E-state index in [2.05, 4.69) is 15.2 Å². The van der Waals surface area contributed by atoms with Gasteiger partial charge in [-0.15, -0.1) is 11.8 Å². The molecule has 5 nitrogen and oxygen atoms in total. The summed E-state index contributed by atoms with van der Waals surface area (Å²) in [6.45, 7) is 3.01. The van der Waals surface area contributed by atoms with Crippen molar-refractivity contribution in [3.8, 4) is 0 Å². The largest absolute Gasteiger partial charge is 0.350 e. The number of benzene rings is 3. The van der Waals surface area contributed by atoms with E-state index < -0.39 is 5.82 Å². The summed E-state index contributed by atoms with van der Waals surface area (Å²) in [6.07, 6.45) is 2.00. The molecule has 1 heterocycles. The second kappa shape index (κ2) is 10.4. The van der Waals surface area contributed by atoms with Crippen LogP contribution in [-0.4, -0.2) is 28.7 Å². The maximum atomic E-state index is 13.3. The van der Waals surface area contributed by atoms with Crippen LogP contribution in [0.15, 0.2) is 83.9 Å². The van der Waals surface area contributed by atoms with Crippen LogP contribution in [0, 0.1) is 12.7 Å². The highest BCUT2D eigenvalue weighted by Crippen LogP contribution is 2.30. The van der Waals surface area contributed by atoms with Crippen molar-refractivity contribution < 1.29 is 14.0 Å². The molecule has 0 aliphatic rings. The molecule has 0 bridgehead atoms. The Kier molecular flexibility index (Phi) is 7.10. The standard InChI is InChI=1S/C26H24FN3O2S/c1-18-7-2-3-10-21(18)26(32)28-13-14-30-16-24(22-11-4-5-12-23(22)30)33-17-25(31)29-20-9-6-8-19(27)15-20/h2-12,15-16H,13-14,17H2,1H3,(H,28,32)(H,29,31).